The Hall–Kier alpha value is -3.29. The number of carbonyl (C=O) groups is 1. The summed E-state index contributed by atoms with van der Waals surface area (Å²) < 4.78 is 5.95. The van der Waals surface area contributed by atoms with Crippen molar-refractivity contribution in [2.24, 2.45) is 0 Å². The molecular weight excluding hydrogens is 426 g/mol. The van der Waals surface area contributed by atoms with E-state index in [9.17, 15) is 4.79 Å². The van der Waals surface area contributed by atoms with Crippen molar-refractivity contribution in [2.45, 2.75) is 12.5 Å². The van der Waals surface area contributed by atoms with Gasteiger partial charge in [0.15, 0.2) is 0 Å². The SMILES string of the molecule is CN(C)CCCOc1ccncc1C(=O)N1CCN(C2c3ccccc3-c3cnccc32)CC1. The van der Waals surface area contributed by atoms with E-state index in [0.717, 1.165) is 26.1 Å². The van der Waals surface area contributed by atoms with Crippen LogP contribution >= 0.6 is 0 Å². The standard InChI is InChI=1S/C27H31N5O2/c1-30(2)12-5-17-34-25-9-11-29-19-24(25)27(33)32-15-13-31(14-16-32)26-21-7-4-3-6-20(21)23-18-28-10-8-22(23)26/h3-4,6-11,18-19,26H,5,12-17H2,1-2H3. The molecule has 1 aromatic carbocycles. The first kappa shape index (κ1) is 22.5. The number of benzene rings is 1. The van der Waals surface area contributed by atoms with Crippen molar-refractivity contribution in [2.75, 3.05) is 53.4 Å². The van der Waals surface area contributed by atoms with Crippen molar-refractivity contribution >= 4 is 5.91 Å². The second-order valence-corrected chi connectivity index (χ2v) is 9.16. The Bertz CT molecular complexity index is 1110. The third-order valence-electron chi connectivity index (χ3n) is 6.68. The summed E-state index contributed by atoms with van der Waals surface area (Å²) in [6.45, 7) is 4.49. The van der Waals surface area contributed by atoms with Crippen LogP contribution in [-0.2, 0) is 0 Å². The van der Waals surface area contributed by atoms with E-state index in [0.29, 0.717) is 31.0 Å². The fraction of sp³-hybridized carbons (Fsp3) is 0.370. The van der Waals surface area contributed by atoms with E-state index in [2.05, 4.69) is 50.1 Å². The molecule has 1 saturated heterocycles. The third kappa shape index (κ3) is 4.41. The minimum Gasteiger partial charge on any atom is -0.493 e. The Kier molecular flexibility index (Phi) is 6.56. The molecule has 7 heteroatoms. The Morgan fingerprint density at radius 2 is 1.71 bits per heavy atom. The third-order valence-corrected chi connectivity index (χ3v) is 6.68. The molecule has 0 saturated carbocycles. The minimum absolute atomic E-state index is 0.00761. The van der Waals surface area contributed by atoms with Crippen LogP contribution in [-0.4, -0.2) is 84.0 Å². The summed E-state index contributed by atoms with van der Waals surface area (Å²) in [7, 11) is 4.08. The van der Waals surface area contributed by atoms with Gasteiger partial charge in [-0.25, -0.2) is 0 Å². The number of nitrogens with zero attached hydrogens (tertiary/aromatic N) is 5. The van der Waals surface area contributed by atoms with Crippen LogP contribution in [0.3, 0.4) is 0 Å². The largest absolute Gasteiger partial charge is 0.493 e. The predicted octanol–water partition coefficient (Wildman–Crippen LogP) is 3.33. The molecule has 0 bridgehead atoms. The topological polar surface area (TPSA) is 61.8 Å². The Labute approximate surface area is 201 Å². The van der Waals surface area contributed by atoms with Gasteiger partial charge in [-0.3, -0.25) is 19.7 Å². The molecule has 1 aliphatic heterocycles. The Morgan fingerprint density at radius 3 is 2.53 bits per heavy atom. The highest BCUT2D eigenvalue weighted by Gasteiger charge is 2.35. The summed E-state index contributed by atoms with van der Waals surface area (Å²) in [5, 5.41) is 0. The van der Waals surface area contributed by atoms with Crippen molar-refractivity contribution in [3.05, 3.63) is 77.9 Å². The van der Waals surface area contributed by atoms with E-state index in [1.807, 2.05) is 31.4 Å². The molecule has 2 aliphatic rings. The van der Waals surface area contributed by atoms with E-state index < -0.39 is 0 Å². The smallest absolute Gasteiger partial charge is 0.259 e. The summed E-state index contributed by atoms with van der Waals surface area (Å²) >= 11 is 0. The molecule has 1 unspecified atom stereocenters. The van der Waals surface area contributed by atoms with Gasteiger partial charge in [-0.15, -0.1) is 0 Å². The Balaban J connectivity index is 1.27. The zero-order chi connectivity index (χ0) is 23.5. The molecule has 3 heterocycles. The molecule has 1 fully saturated rings. The molecule has 7 nitrogen and oxygen atoms in total. The molecule has 1 atom stereocenters. The lowest BCUT2D eigenvalue weighted by Crippen LogP contribution is -2.49. The summed E-state index contributed by atoms with van der Waals surface area (Å²) in [4.78, 5) is 28.4. The summed E-state index contributed by atoms with van der Waals surface area (Å²) in [5.41, 5.74) is 5.65. The second kappa shape index (κ2) is 9.91. The van der Waals surface area contributed by atoms with Crippen molar-refractivity contribution in [3.63, 3.8) is 0 Å². The van der Waals surface area contributed by atoms with Gasteiger partial charge in [0.25, 0.3) is 5.91 Å². The van der Waals surface area contributed by atoms with Gasteiger partial charge in [0.1, 0.15) is 5.75 Å². The maximum absolute atomic E-state index is 13.4. The van der Waals surface area contributed by atoms with Crippen LogP contribution in [0, 0.1) is 0 Å². The lowest BCUT2D eigenvalue weighted by molar-refractivity contribution is 0.0595. The maximum Gasteiger partial charge on any atom is 0.259 e. The molecule has 34 heavy (non-hydrogen) atoms. The first-order valence-electron chi connectivity index (χ1n) is 11.9. The van der Waals surface area contributed by atoms with Crippen LogP contribution < -0.4 is 4.74 Å². The highest BCUT2D eigenvalue weighted by molar-refractivity contribution is 5.96. The first-order chi connectivity index (χ1) is 16.6. The maximum atomic E-state index is 13.4. The fourth-order valence-corrected chi connectivity index (χ4v) is 4.99. The Morgan fingerprint density at radius 1 is 0.971 bits per heavy atom. The number of ether oxygens (including phenoxy) is 1. The monoisotopic (exact) mass is 457 g/mol. The van der Waals surface area contributed by atoms with Gasteiger partial charge in [0.2, 0.25) is 0 Å². The molecule has 3 aromatic rings. The molecule has 1 aliphatic carbocycles. The number of rotatable bonds is 7. The molecule has 2 aromatic heterocycles. The minimum atomic E-state index is -0.00761. The molecule has 0 N–H and O–H groups in total. The van der Waals surface area contributed by atoms with Gasteiger partial charge in [-0.05, 0) is 49.3 Å². The van der Waals surface area contributed by atoms with E-state index in [1.54, 1.807) is 18.5 Å². The number of pyridine rings is 2. The molecular formula is C27H31N5O2. The molecule has 1 amide bonds. The summed E-state index contributed by atoms with van der Waals surface area (Å²) in [5.74, 6) is 0.610. The van der Waals surface area contributed by atoms with Crippen LogP contribution in [0.25, 0.3) is 11.1 Å². The predicted molar refractivity (Wildman–Crippen MR) is 132 cm³/mol. The number of hydrogen-bond donors (Lipinski definition) is 0. The fourth-order valence-electron chi connectivity index (χ4n) is 4.99. The van der Waals surface area contributed by atoms with Gasteiger partial charge in [0.05, 0.1) is 18.2 Å². The van der Waals surface area contributed by atoms with Crippen LogP contribution in [0.2, 0.25) is 0 Å². The van der Waals surface area contributed by atoms with E-state index in [-0.39, 0.29) is 11.9 Å². The summed E-state index contributed by atoms with van der Waals surface area (Å²) in [6, 6.07) is 12.7. The summed E-state index contributed by atoms with van der Waals surface area (Å²) in [6.07, 6.45) is 8.06. The van der Waals surface area contributed by atoms with Crippen LogP contribution in [0.15, 0.2) is 61.2 Å². The van der Waals surface area contributed by atoms with E-state index >= 15 is 0 Å². The first-order valence-corrected chi connectivity index (χ1v) is 11.9. The van der Waals surface area contributed by atoms with E-state index in [1.165, 1.54) is 22.3 Å². The van der Waals surface area contributed by atoms with Gasteiger partial charge in [-0.2, -0.15) is 0 Å². The normalized spacial score (nSPS) is 17.5. The average Bonchev–Trinajstić information content (AvgIpc) is 3.21. The van der Waals surface area contributed by atoms with Crippen LogP contribution in [0.1, 0.15) is 33.9 Å². The van der Waals surface area contributed by atoms with Crippen molar-refractivity contribution in [3.8, 4) is 16.9 Å². The number of aromatic nitrogens is 2. The lowest BCUT2D eigenvalue weighted by atomic mass is 10.0. The highest BCUT2D eigenvalue weighted by atomic mass is 16.5. The van der Waals surface area contributed by atoms with Gasteiger partial charge < -0.3 is 14.5 Å². The molecule has 176 valence electrons. The van der Waals surface area contributed by atoms with Gasteiger partial charge >= 0.3 is 0 Å². The van der Waals surface area contributed by atoms with E-state index in [4.69, 9.17) is 4.74 Å². The molecule has 5 rings (SSSR count). The number of carbonyl (C=O) groups excluding carboxylic acids is 1. The van der Waals surface area contributed by atoms with Crippen molar-refractivity contribution in [1.82, 2.24) is 24.7 Å². The quantitative estimate of drug-likeness (QED) is 0.507. The van der Waals surface area contributed by atoms with Crippen molar-refractivity contribution in [1.29, 1.82) is 0 Å². The number of amides is 1. The number of piperazine rings is 1. The average molecular weight is 458 g/mol. The van der Waals surface area contributed by atoms with Gasteiger partial charge in [0, 0.05) is 63.1 Å². The highest BCUT2D eigenvalue weighted by Crippen LogP contribution is 2.46. The number of fused-ring (bicyclic) bond motifs is 3. The zero-order valence-electron chi connectivity index (χ0n) is 19.9. The van der Waals surface area contributed by atoms with Crippen LogP contribution in [0.4, 0.5) is 0 Å². The second-order valence-electron chi connectivity index (χ2n) is 9.16. The zero-order valence-corrected chi connectivity index (χ0v) is 19.9. The lowest BCUT2D eigenvalue weighted by Gasteiger charge is -2.38. The molecule has 0 radical (unpaired) electrons. The van der Waals surface area contributed by atoms with Crippen LogP contribution in [0.5, 0.6) is 5.75 Å². The van der Waals surface area contributed by atoms with Crippen molar-refractivity contribution < 1.29 is 9.53 Å². The molecule has 0 spiro atoms. The van der Waals surface area contributed by atoms with Gasteiger partial charge in [-0.1, -0.05) is 24.3 Å². The number of hydrogen-bond acceptors (Lipinski definition) is 6.